The highest BCUT2D eigenvalue weighted by Gasteiger charge is 2.18. The average Bonchev–Trinajstić information content (AvgIpc) is 3.16. The van der Waals surface area contributed by atoms with Crippen molar-refractivity contribution in [2.45, 2.75) is 19.9 Å². The number of benzene rings is 1. The van der Waals surface area contributed by atoms with Crippen LogP contribution in [0.4, 0.5) is 0 Å². The Hall–Kier alpha value is -3.48. The molecule has 0 fully saturated rings. The van der Waals surface area contributed by atoms with Gasteiger partial charge in [-0.1, -0.05) is 6.07 Å². The van der Waals surface area contributed by atoms with Crippen molar-refractivity contribution >= 4 is 5.91 Å². The first-order valence-corrected chi connectivity index (χ1v) is 8.95. The second-order valence-corrected chi connectivity index (χ2v) is 6.63. The Labute approximate surface area is 163 Å². The zero-order valence-electron chi connectivity index (χ0n) is 15.8. The second-order valence-electron chi connectivity index (χ2n) is 6.63. The molecule has 0 saturated heterocycles. The maximum Gasteiger partial charge on any atom is 0.231 e. The molecule has 0 unspecified atom stereocenters. The first-order chi connectivity index (χ1) is 13.6. The van der Waals surface area contributed by atoms with E-state index in [1.807, 2.05) is 37.3 Å². The minimum absolute atomic E-state index is 0.00388. The average molecular weight is 376 g/mol. The number of hydrogen-bond donors (Lipinski definition) is 0. The van der Waals surface area contributed by atoms with E-state index in [2.05, 4.69) is 15.0 Å². The molecule has 7 nitrogen and oxygen atoms in total. The SMILES string of the molecule is Cc1ncc(-c2ccncc2)c(CN(C)C(=O)Cc2ccc3c(c2)OCO3)n1. The normalized spacial score (nSPS) is 12.1. The van der Waals surface area contributed by atoms with E-state index >= 15 is 0 Å². The van der Waals surface area contributed by atoms with Crippen LogP contribution in [0.1, 0.15) is 17.1 Å². The molecule has 4 rings (SSSR count). The number of aryl methyl sites for hydroxylation is 1. The lowest BCUT2D eigenvalue weighted by Crippen LogP contribution is -2.28. The molecule has 1 aliphatic rings. The summed E-state index contributed by atoms with van der Waals surface area (Å²) in [7, 11) is 1.78. The molecule has 3 heterocycles. The predicted molar refractivity (Wildman–Crippen MR) is 103 cm³/mol. The molecule has 0 atom stereocenters. The van der Waals surface area contributed by atoms with Gasteiger partial charge < -0.3 is 14.4 Å². The number of nitrogens with zero attached hydrogens (tertiary/aromatic N) is 4. The number of fused-ring (bicyclic) bond motifs is 1. The van der Waals surface area contributed by atoms with Gasteiger partial charge in [0.2, 0.25) is 12.7 Å². The number of rotatable bonds is 5. The molecule has 28 heavy (non-hydrogen) atoms. The lowest BCUT2D eigenvalue weighted by atomic mass is 10.1. The molecule has 0 spiro atoms. The lowest BCUT2D eigenvalue weighted by molar-refractivity contribution is -0.129. The number of ether oxygens (including phenoxy) is 2. The highest BCUT2D eigenvalue weighted by Crippen LogP contribution is 2.32. The van der Waals surface area contributed by atoms with Gasteiger partial charge in [0.1, 0.15) is 5.82 Å². The Bertz CT molecular complexity index is 1010. The van der Waals surface area contributed by atoms with Crippen LogP contribution in [0.15, 0.2) is 48.9 Å². The van der Waals surface area contributed by atoms with Crippen molar-refractivity contribution in [2.24, 2.45) is 0 Å². The summed E-state index contributed by atoms with van der Waals surface area (Å²) in [5.41, 5.74) is 3.56. The number of carbonyl (C=O) groups excluding carboxylic acids is 1. The van der Waals surface area contributed by atoms with Gasteiger partial charge in [-0.3, -0.25) is 9.78 Å². The zero-order valence-corrected chi connectivity index (χ0v) is 15.8. The molecule has 142 valence electrons. The fourth-order valence-corrected chi connectivity index (χ4v) is 3.08. The van der Waals surface area contributed by atoms with Gasteiger partial charge in [0, 0.05) is 31.2 Å². The van der Waals surface area contributed by atoms with Crippen LogP contribution in [0.25, 0.3) is 11.1 Å². The number of hydrogen-bond acceptors (Lipinski definition) is 6. The van der Waals surface area contributed by atoms with Gasteiger partial charge in [-0.15, -0.1) is 0 Å². The van der Waals surface area contributed by atoms with Crippen LogP contribution in [0, 0.1) is 6.92 Å². The fraction of sp³-hybridized carbons (Fsp3) is 0.238. The van der Waals surface area contributed by atoms with Crippen molar-refractivity contribution in [1.82, 2.24) is 19.9 Å². The Balaban J connectivity index is 1.51. The maximum absolute atomic E-state index is 12.8. The second kappa shape index (κ2) is 7.64. The maximum atomic E-state index is 12.8. The Morgan fingerprint density at radius 2 is 1.93 bits per heavy atom. The summed E-state index contributed by atoms with van der Waals surface area (Å²) in [6.07, 6.45) is 5.53. The summed E-state index contributed by atoms with van der Waals surface area (Å²) in [5.74, 6) is 2.06. The lowest BCUT2D eigenvalue weighted by Gasteiger charge is -2.19. The van der Waals surface area contributed by atoms with Gasteiger partial charge >= 0.3 is 0 Å². The van der Waals surface area contributed by atoms with Crippen molar-refractivity contribution in [2.75, 3.05) is 13.8 Å². The summed E-state index contributed by atoms with van der Waals surface area (Å²) in [5, 5.41) is 0. The summed E-state index contributed by atoms with van der Waals surface area (Å²) in [6.45, 7) is 2.45. The topological polar surface area (TPSA) is 77.4 Å². The number of aromatic nitrogens is 3. The van der Waals surface area contributed by atoms with E-state index < -0.39 is 0 Å². The molecule has 0 aliphatic carbocycles. The van der Waals surface area contributed by atoms with Crippen molar-refractivity contribution in [3.63, 3.8) is 0 Å². The monoisotopic (exact) mass is 376 g/mol. The third kappa shape index (κ3) is 3.78. The quantitative estimate of drug-likeness (QED) is 0.681. The summed E-state index contributed by atoms with van der Waals surface area (Å²) in [6, 6.07) is 9.39. The van der Waals surface area contributed by atoms with Crippen LogP contribution in [0.3, 0.4) is 0 Å². The molecule has 1 aromatic carbocycles. The number of pyridine rings is 1. The van der Waals surface area contributed by atoms with Gasteiger partial charge in [0.05, 0.1) is 18.7 Å². The largest absolute Gasteiger partial charge is 0.454 e. The molecular formula is C21H20N4O3. The molecule has 1 aliphatic heterocycles. The molecule has 1 amide bonds. The molecule has 0 radical (unpaired) electrons. The van der Waals surface area contributed by atoms with Gasteiger partial charge in [-0.05, 0) is 42.3 Å². The van der Waals surface area contributed by atoms with Gasteiger partial charge in [0.15, 0.2) is 11.5 Å². The summed E-state index contributed by atoms with van der Waals surface area (Å²) < 4.78 is 10.7. The first-order valence-electron chi connectivity index (χ1n) is 8.95. The number of carbonyl (C=O) groups is 1. The minimum Gasteiger partial charge on any atom is -0.454 e. The molecule has 3 aromatic rings. The van der Waals surface area contributed by atoms with Crippen molar-refractivity contribution in [1.29, 1.82) is 0 Å². The smallest absolute Gasteiger partial charge is 0.231 e. The van der Waals surface area contributed by atoms with Crippen LogP contribution < -0.4 is 9.47 Å². The number of amides is 1. The fourth-order valence-electron chi connectivity index (χ4n) is 3.08. The third-order valence-corrected chi connectivity index (χ3v) is 4.58. The van der Waals surface area contributed by atoms with Crippen LogP contribution in [0.5, 0.6) is 11.5 Å². The molecule has 7 heteroatoms. The Kier molecular flexibility index (Phi) is 4.89. The van der Waals surface area contributed by atoms with Crippen LogP contribution in [-0.4, -0.2) is 39.6 Å². The summed E-state index contributed by atoms with van der Waals surface area (Å²) >= 11 is 0. The van der Waals surface area contributed by atoms with E-state index in [1.54, 1.807) is 30.5 Å². The highest BCUT2D eigenvalue weighted by molar-refractivity contribution is 5.79. The zero-order chi connectivity index (χ0) is 19.5. The summed E-state index contributed by atoms with van der Waals surface area (Å²) in [4.78, 5) is 27.4. The van der Waals surface area contributed by atoms with Crippen molar-refractivity contribution < 1.29 is 14.3 Å². The van der Waals surface area contributed by atoms with E-state index in [0.717, 1.165) is 22.4 Å². The van der Waals surface area contributed by atoms with Gasteiger partial charge in [-0.2, -0.15) is 0 Å². The molecule has 0 N–H and O–H groups in total. The van der Waals surface area contributed by atoms with Crippen molar-refractivity contribution in [3.05, 3.63) is 66.0 Å². The van der Waals surface area contributed by atoms with Crippen LogP contribution in [-0.2, 0) is 17.8 Å². The molecule has 0 saturated carbocycles. The number of likely N-dealkylation sites (N-methyl/N-ethyl adjacent to an activating group) is 1. The van der Waals surface area contributed by atoms with Crippen LogP contribution in [0.2, 0.25) is 0 Å². The Morgan fingerprint density at radius 1 is 1.14 bits per heavy atom. The molecule has 0 bridgehead atoms. The highest BCUT2D eigenvalue weighted by atomic mass is 16.7. The van der Waals surface area contributed by atoms with E-state index in [-0.39, 0.29) is 19.1 Å². The minimum atomic E-state index is -0.00388. The Morgan fingerprint density at radius 3 is 2.75 bits per heavy atom. The van der Waals surface area contributed by atoms with E-state index in [1.165, 1.54) is 0 Å². The van der Waals surface area contributed by atoms with E-state index in [9.17, 15) is 4.79 Å². The van der Waals surface area contributed by atoms with Crippen molar-refractivity contribution in [3.8, 4) is 22.6 Å². The van der Waals surface area contributed by atoms with E-state index in [4.69, 9.17) is 9.47 Å². The molecular weight excluding hydrogens is 356 g/mol. The third-order valence-electron chi connectivity index (χ3n) is 4.58. The standard InChI is InChI=1S/C21H20N4O3/c1-14-23-11-17(16-5-7-22-8-6-16)18(24-14)12-25(2)21(26)10-15-3-4-19-20(9-15)28-13-27-19/h3-9,11H,10,12-13H2,1-2H3. The predicted octanol–water partition coefficient (Wildman–Crippen LogP) is 2.78. The molecule has 2 aromatic heterocycles. The van der Waals surface area contributed by atoms with Gasteiger partial charge in [0.25, 0.3) is 0 Å². The van der Waals surface area contributed by atoms with Crippen LogP contribution >= 0.6 is 0 Å². The first kappa shape index (κ1) is 17.9. The van der Waals surface area contributed by atoms with E-state index in [0.29, 0.717) is 23.9 Å². The van der Waals surface area contributed by atoms with Gasteiger partial charge in [-0.25, -0.2) is 9.97 Å².